The Bertz CT molecular complexity index is 319. The molecule has 0 bridgehead atoms. The van der Waals surface area contributed by atoms with Crippen LogP contribution in [0.4, 0.5) is 0 Å². The highest BCUT2D eigenvalue weighted by molar-refractivity contribution is 5.23. The SMILES string of the molecule is N#Cc1cc[nH]c1.c1ccncc1. The highest BCUT2D eigenvalue weighted by Gasteiger charge is 1.81. The molecule has 0 spiro atoms. The standard InChI is InChI=1S/C5H4N2.C5H5N/c6-3-5-1-2-7-4-5;1-2-4-6-5-3-1/h1-2,4,7H;1-5H. The average Bonchev–Trinajstić information content (AvgIpc) is 2.74. The van der Waals surface area contributed by atoms with Gasteiger partial charge in [-0.25, -0.2) is 0 Å². The van der Waals surface area contributed by atoms with E-state index in [1.165, 1.54) is 0 Å². The van der Waals surface area contributed by atoms with Crippen LogP contribution >= 0.6 is 0 Å². The van der Waals surface area contributed by atoms with E-state index < -0.39 is 0 Å². The Morgan fingerprint density at radius 3 is 2.23 bits per heavy atom. The van der Waals surface area contributed by atoms with Crippen molar-refractivity contribution >= 4 is 0 Å². The zero-order chi connectivity index (χ0) is 9.36. The Balaban J connectivity index is 0.000000132. The Kier molecular flexibility index (Phi) is 3.85. The molecule has 0 unspecified atom stereocenters. The second-order valence-corrected chi connectivity index (χ2v) is 2.24. The van der Waals surface area contributed by atoms with E-state index >= 15 is 0 Å². The average molecular weight is 171 g/mol. The number of hydrogen-bond donors (Lipinski definition) is 1. The molecule has 0 atom stereocenters. The molecule has 0 fully saturated rings. The van der Waals surface area contributed by atoms with Crippen molar-refractivity contribution in [2.24, 2.45) is 0 Å². The normalized spacial score (nSPS) is 7.92. The lowest BCUT2D eigenvalue weighted by Crippen LogP contribution is -1.58. The van der Waals surface area contributed by atoms with Gasteiger partial charge < -0.3 is 4.98 Å². The minimum Gasteiger partial charge on any atom is -0.366 e. The Morgan fingerprint density at radius 1 is 1.23 bits per heavy atom. The Morgan fingerprint density at radius 2 is 2.00 bits per heavy atom. The van der Waals surface area contributed by atoms with Gasteiger partial charge in [-0.1, -0.05) is 6.07 Å². The van der Waals surface area contributed by atoms with Gasteiger partial charge in [-0.2, -0.15) is 5.26 Å². The third kappa shape index (κ3) is 3.73. The maximum Gasteiger partial charge on any atom is 0.101 e. The topological polar surface area (TPSA) is 52.5 Å². The summed E-state index contributed by atoms with van der Waals surface area (Å²) in [7, 11) is 0. The maximum absolute atomic E-state index is 8.16. The summed E-state index contributed by atoms with van der Waals surface area (Å²) in [4.78, 5) is 6.54. The third-order valence-corrected chi connectivity index (χ3v) is 1.29. The van der Waals surface area contributed by atoms with Gasteiger partial charge >= 0.3 is 0 Å². The molecule has 1 N–H and O–H groups in total. The van der Waals surface area contributed by atoms with Gasteiger partial charge in [0, 0.05) is 24.8 Å². The van der Waals surface area contributed by atoms with Crippen LogP contribution in [-0.4, -0.2) is 9.97 Å². The molecule has 0 saturated heterocycles. The van der Waals surface area contributed by atoms with Crippen molar-refractivity contribution in [3.05, 3.63) is 54.6 Å². The largest absolute Gasteiger partial charge is 0.366 e. The lowest BCUT2D eigenvalue weighted by molar-refractivity contribution is 1.33. The summed E-state index contributed by atoms with van der Waals surface area (Å²) in [5, 5.41) is 8.16. The molecule has 64 valence electrons. The summed E-state index contributed by atoms with van der Waals surface area (Å²) in [5.74, 6) is 0. The molecule has 0 radical (unpaired) electrons. The van der Waals surface area contributed by atoms with Crippen molar-refractivity contribution in [1.82, 2.24) is 9.97 Å². The first kappa shape index (κ1) is 9.01. The van der Waals surface area contributed by atoms with Gasteiger partial charge in [0.1, 0.15) is 6.07 Å². The van der Waals surface area contributed by atoms with E-state index in [9.17, 15) is 0 Å². The first-order valence-corrected chi connectivity index (χ1v) is 3.81. The lowest BCUT2D eigenvalue weighted by atomic mass is 10.4. The summed E-state index contributed by atoms with van der Waals surface area (Å²) in [6.45, 7) is 0. The van der Waals surface area contributed by atoms with Crippen LogP contribution in [0.15, 0.2) is 49.1 Å². The number of nitrogens with one attached hydrogen (secondary N) is 1. The van der Waals surface area contributed by atoms with Crippen LogP contribution in [0.3, 0.4) is 0 Å². The van der Waals surface area contributed by atoms with Crippen molar-refractivity contribution in [1.29, 1.82) is 5.26 Å². The van der Waals surface area contributed by atoms with E-state index in [1.54, 1.807) is 30.9 Å². The van der Waals surface area contributed by atoms with Crippen LogP contribution in [0.25, 0.3) is 0 Å². The molecule has 0 aliphatic carbocycles. The zero-order valence-corrected chi connectivity index (χ0v) is 7.01. The zero-order valence-electron chi connectivity index (χ0n) is 7.01. The summed E-state index contributed by atoms with van der Waals surface area (Å²) < 4.78 is 0. The first-order chi connectivity index (χ1) is 6.43. The van der Waals surface area contributed by atoms with Crippen LogP contribution in [0.5, 0.6) is 0 Å². The van der Waals surface area contributed by atoms with Crippen LogP contribution in [0.1, 0.15) is 5.56 Å². The molecule has 0 aromatic carbocycles. The van der Waals surface area contributed by atoms with Gasteiger partial charge in [-0.3, -0.25) is 4.98 Å². The minimum absolute atomic E-state index is 0.681. The molecule has 2 heterocycles. The highest BCUT2D eigenvalue weighted by atomic mass is 14.6. The van der Waals surface area contributed by atoms with E-state index in [4.69, 9.17) is 5.26 Å². The fourth-order valence-electron chi connectivity index (χ4n) is 0.706. The molecular weight excluding hydrogens is 162 g/mol. The molecule has 0 saturated carbocycles. The number of nitrogens with zero attached hydrogens (tertiary/aromatic N) is 2. The van der Waals surface area contributed by atoms with Crippen molar-refractivity contribution < 1.29 is 0 Å². The van der Waals surface area contributed by atoms with Gasteiger partial charge in [0.15, 0.2) is 0 Å². The van der Waals surface area contributed by atoms with Crippen LogP contribution in [0.2, 0.25) is 0 Å². The van der Waals surface area contributed by atoms with Crippen LogP contribution in [0, 0.1) is 11.3 Å². The highest BCUT2D eigenvalue weighted by Crippen LogP contribution is 1.89. The second-order valence-electron chi connectivity index (χ2n) is 2.24. The first-order valence-electron chi connectivity index (χ1n) is 3.81. The smallest absolute Gasteiger partial charge is 0.101 e. The molecule has 2 aromatic heterocycles. The summed E-state index contributed by atoms with van der Waals surface area (Å²) in [6.07, 6.45) is 6.87. The molecular formula is C10H9N3. The number of aromatic amines is 1. The van der Waals surface area contributed by atoms with Gasteiger partial charge in [0.25, 0.3) is 0 Å². The van der Waals surface area contributed by atoms with Crippen molar-refractivity contribution in [3.8, 4) is 6.07 Å². The fraction of sp³-hybridized carbons (Fsp3) is 0. The molecule has 2 rings (SSSR count). The molecule has 13 heavy (non-hydrogen) atoms. The van der Waals surface area contributed by atoms with Gasteiger partial charge in [0.2, 0.25) is 0 Å². The number of pyridine rings is 1. The quantitative estimate of drug-likeness (QED) is 0.658. The monoisotopic (exact) mass is 171 g/mol. The summed E-state index contributed by atoms with van der Waals surface area (Å²) in [5.41, 5.74) is 0.681. The molecule has 0 aliphatic rings. The lowest BCUT2D eigenvalue weighted by Gasteiger charge is -1.70. The molecule has 3 nitrogen and oxygen atoms in total. The number of aromatic nitrogens is 2. The molecule has 0 aliphatic heterocycles. The van der Waals surface area contributed by atoms with Crippen LogP contribution in [-0.2, 0) is 0 Å². The molecule has 2 aromatic rings. The Labute approximate surface area is 76.7 Å². The van der Waals surface area contributed by atoms with Gasteiger partial charge in [-0.15, -0.1) is 0 Å². The van der Waals surface area contributed by atoms with Crippen molar-refractivity contribution in [2.45, 2.75) is 0 Å². The summed E-state index contributed by atoms with van der Waals surface area (Å²) in [6, 6.07) is 9.41. The van der Waals surface area contributed by atoms with Gasteiger partial charge in [0.05, 0.1) is 5.56 Å². The van der Waals surface area contributed by atoms with E-state index in [1.807, 2.05) is 24.3 Å². The second kappa shape index (κ2) is 5.56. The minimum atomic E-state index is 0.681. The number of H-pyrrole nitrogens is 1. The van der Waals surface area contributed by atoms with E-state index in [-0.39, 0.29) is 0 Å². The predicted octanol–water partition coefficient (Wildman–Crippen LogP) is 1.97. The summed E-state index contributed by atoms with van der Waals surface area (Å²) >= 11 is 0. The molecule has 0 amide bonds. The Hall–Kier alpha value is -2.08. The predicted molar refractivity (Wildman–Crippen MR) is 49.7 cm³/mol. The maximum atomic E-state index is 8.16. The van der Waals surface area contributed by atoms with Crippen molar-refractivity contribution in [2.75, 3.05) is 0 Å². The number of nitriles is 1. The number of rotatable bonds is 0. The number of hydrogen-bond acceptors (Lipinski definition) is 2. The fourth-order valence-corrected chi connectivity index (χ4v) is 0.706. The van der Waals surface area contributed by atoms with Crippen LogP contribution < -0.4 is 0 Å². The van der Waals surface area contributed by atoms with Crippen molar-refractivity contribution in [3.63, 3.8) is 0 Å². The van der Waals surface area contributed by atoms with Gasteiger partial charge in [-0.05, 0) is 18.2 Å². The third-order valence-electron chi connectivity index (χ3n) is 1.29. The van der Waals surface area contributed by atoms with E-state index in [2.05, 4.69) is 9.97 Å². The molecule has 3 heteroatoms. The van der Waals surface area contributed by atoms with E-state index in [0.717, 1.165) is 0 Å². The van der Waals surface area contributed by atoms with E-state index in [0.29, 0.717) is 5.56 Å².